The van der Waals surface area contributed by atoms with E-state index in [0.29, 0.717) is 22.7 Å². The number of rotatable bonds is 5. The van der Waals surface area contributed by atoms with Gasteiger partial charge >= 0.3 is 5.97 Å². The molecule has 1 aromatic heterocycles. The molecular weight excluding hydrogens is 360 g/mol. The second kappa shape index (κ2) is 8.23. The molecule has 5 nitrogen and oxygen atoms in total. The number of carbonyl (C=O) groups excluding carboxylic acids is 2. The zero-order chi connectivity index (χ0) is 19.6. The summed E-state index contributed by atoms with van der Waals surface area (Å²) in [5.74, 6) is -0.522. The van der Waals surface area contributed by atoms with Crippen molar-refractivity contribution in [2.75, 3.05) is 25.0 Å². The summed E-state index contributed by atoms with van der Waals surface area (Å²) in [6.45, 7) is 11.1. The molecule has 0 saturated carbocycles. The zero-order valence-electron chi connectivity index (χ0n) is 16.4. The van der Waals surface area contributed by atoms with Crippen molar-refractivity contribution < 1.29 is 19.2 Å². The van der Waals surface area contributed by atoms with Crippen LogP contribution < -0.4 is 10.2 Å². The lowest BCUT2D eigenvalue weighted by Gasteiger charge is -2.22. The van der Waals surface area contributed by atoms with Gasteiger partial charge < -0.3 is 15.0 Å². The molecule has 0 fully saturated rings. The van der Waals surface area contributed by atoms with E-state index in [0.717, 1.165) is 42.7 Å². The number of nitrogens with one attached hydrogen (secondary N) is 2. The second-order valence-corrected chi connectivity index (χ2v) is 8.09. The average Bonchev–Trinajstić information content (AvgIpc) is 3.00. The Morgan fingerprint density at radius 2 is 2.04 bits per heavy atom. The number of amides is 1. The fraction of sp³-hybridized carbons (Fsp3) is 0.429. The molecule has 1 aliphatic rings. The smallest absolute Gasteiger partial charge is 0.341 e. The molecule has 3 rings (SSSR count). The van der Waals surface area contributed by atoms with Crippen molar-refractivity contribution in [3.8, 4) is 0 Å². The quantitative estimate of drug-likeness (QED) is 0.776. The first kappa shape index (κ1) is 19.6. The topological polar surface area (TPSA) is 59.8 Å². The van der Waals surface area contributed by atoms with E-state index in [1.165, 1.54) is 21.1 Å². The lowest BCUT2D eigenvalue weighted by Crippen LogP contribution is -3.11. The van der Waals surface area contributed by atoms with E-state index in [1.807, 2.05) is 32.0 Å². The van der Waals surface area contributed by atoms with Crippen molar-refractivity contribution >= 4 is 28.2 Å². The SMILES string of the molecule is CCOC(=O)c1c(NC(=O)c2cc(C)ccc2C)sc2c1CC[NH+](CC)C2. The lowest BCUT2D eigenvalue weighted by atomic mass is 10.0. The number of ether oxygens (including phenoxy) is 1. The number of thiophene rings is 1. The van der Waals surface area contributed by atoms with E-state index in [4.69, 9.17) is 4.74 Å². The van der Waals surface area contributed by atoms with Crippen LogP contribution in [0.2, 0.25) is 0 Å². The Morgan fingerprint density at radius 3 is 2.74 bits per heavy atom. The van der Waals surface area contributed by atoms with Crippen LogP contribution in [0.3, 0.4) is 0 Å². The Morgan fingerprint density at radius 1 is 1.26 bits per heavy atom. The average molecular weight is 388 g/mol. The summed E-state index contributed by atoms with van der Waals surface area (Å²) in [5, 5.41) is 3.61. The number of esters is 1. The van der Waals surface area contributed by atoms with E-state index in [9.17, 15) is 9.59 Å². The highest BCUT2D eigenvalue weighted by Gasteiger charge is 2.31. The summed E-state index contributed by atoms with van der Waals surface area (Å²) in [5.41, 5.74) is 4.18. The van der Waals surface area contributed by atoms with Crippen molar-refractivity contribution in [1.82, 2.24) is 0 Å². The molecule has 1 aromatic carbocycles. The van der Waals surface area contributed by atoms with Gasteiger partial charge in [0.15, 0.2) is 0 Å². The molecule has 1 atom stereocenters. The molecule has 0 bridgehead atoms. The van der Waals surface area contributed by atoms with Gasteiger partial charge in [0.1, 0.15) is 11.5 Å². The third-order valence-electron chi connectivity index (χ3n) is 5.07. The normalized spacial score (nSPS) is 15.9. The van der Waals surface area contributed by atoms with Gasteiger partial charge in [-0.15, -0.1) is 11.3 Å². The van der Waals surface area contributed by atoms with Crippen LogP contribution in [0.1, 0.15) is 56.1 Å². The van der Waals surface area contributed by atoms with Crippen molar-refractivity contribution in [1.29, 1.82) is 0 Å². The number of aryl methyl sites for hydroxylation is 2. The molecular formula is C21H27N2O3S+. The summed E-state index contributed by atoms with van der Waals surface area (Å²) in [6, 6.07) is 5.81. The van der Waals surface area contributed by atoms with Crippen molar-refractivity contribution in [3.63, 3.8) is 0 Å². The number of benzene rings is 1. The molecule has 1 aliphatic heterocycles. The molecule has 0 radical (unpaired) electrons. The molecule has 6 heteroatoms. The van der Waals surface area contributed by atoms with E-state index >= 15 is 0 Å². The predicted octanol–water partition coefficient (Wildman–Crippen LogP) is 2.75. The Bertz CT molecular complexity index is 873. The predicted molar refractivity (Wildman–Crippen MR) is 108 cm³/mol. The first-order chi connectivity index (χ1) is 12.9. The zero-order valence-corrected chi connectivity index (χ0v) is 17.2. The highest BCUT2D eigenvalue weighted by Crippen LogP contribution is 2.35. The third kappa shape index (κ3) is 4.06. The Kier molecular flexibility index (Phi) is 5.97. The third-order valence-corrected chi connectivity index (χ3v) is 6.22. The molecule has 1 amide bonds. The number of quaternary nitrogens is 1. The molecule has 0 spiro atoms. The van der Waals surface area contributed by atoms with Gasteiger partial charge in [0.05, 0.1) is 30.1 Å². The number of hydrogen-bond donors (Lipinski definition) is 2. The molecule has 27 heavy (non-hydrogen) atoms. The maximum absolute atomic E-state index is 12.9. The summed E-state index contributed by atoms with van der Waals surface area (Å²) in [7, 11) is 0. The second-order valence-electron chi connectivity index (χ2n) is 6.98. The molecule has 0 saturated heterocycles. The van der Waals surface area contributed by atoms with Gasteiger partial charge in [-0.25, -0.2) is 4.79 Å². The maximum atomic E-state index is 12.9. The van der Waals surface area contributed by atoms with Crippen LogP contribution in [0.4, 0.5) is 5.00 Å². The van der Waals surface area contributed by atoms with Gasteiger partial charge in [-0.3, -0.25) is 4.79 Å². The van der Waals surface area contributed by atoms with Crippen LogP contribution in [0, 0.1) is 13.8 Å². The number of carbonyl (C=O) groups is 2. The molecule has 2 heterocycles. The largest absolute Gasteiger partial charge is 0.462 e. The fourth-order valence-corrected chi connectivity index (χ4v) is 4.80. The summed E-state index contributed by atoms with van der Waals surface area (Å²) in [4.78, 5) is 28.2. The number of hydrogen-bond acceptors (Lipinski definition) is 4. The van der Waals surface area contributed by atoms with Gasteiger partial charge in [0.2, 0.25) is 0 Å². The van der Waals surface area contributed by atoms with Crippen molar-refractivity contribution in [3.05, 3.63) is 50.9 Å². The van der Waals surface area contributed by atoms with Crippen LogP contribution in [0.5, 0.6) is 0 Å². The van der Waals surface area contributed by atoms with Crippen LogP contribution in [0.25, 0.3) is 0 Å². The number of anilines is 1. The summed E-state index contributed by atoms with van der Waals surface area (Å²) < 4.78 is 5.29. The van der Waals surface area contributed by atoms with Gasteiger partial charge in [0.25, 0.3) is 5.91 Å². The fourth-order valence-electron chi connectivity index (χ4n) is 3.50. The summed E-state index contributed by atoms with van der Waals surface area (Å²) >= 11 is 1.51. The minimum Gasteiger partial charge on any atom is -0.462 e. The highest BCUT2D eigenvalue weighted by molar-refractivity contribution is 7.17. The summed E-state index contributed by atoms with van der Waals surface area (Å²) in [6.07, 6.45) is 0.836. The minimum absolute atomic E-state index is 0.181. The van der Waals surface area contributed by atoms with E-state index in [1.54, 1.807) is 6.92 Å². The Hall–Kier alpha value is -2.18. The maximum Gasteiger partial charge on any atom is 0.341 e. The van der Waals surface area contributed by atoms with Gasteiger partial charge in [-0.05, 0) is 44.9 Å². The van der Waals surface area contributed by atoms with Gasteiger partial charge in [0, 0.05) is 12.0 Å². The Labute approximate surface area is 164 Å². The first-order valence-electron chi connectivity index (χ1n) is 9.48. The highest BCUT2D eigenvalue weighted by atomic mass is 32.1. The van der Waals surface area contributed by atoms with Crippen LogP contribution in [-0.4, -0.2) is 31.6 Å². The monoisotopic (exact) mass is 387 g/mol. The molecule has 1 unspecified atom stereocenters. The standard InChI is InChI=1S/C21H26N2O3S/c1-5-23-10-9-15-17(12-23)27-20(18(15)21(25)26-6-2)22-19(24)16-11-13(3)7-8-14(16)4/h7-8,11H,5-6,9-10,12H2,1-4H3,(H,22,24)/p+1. The van der Waals surface area contributed by atoms with Crippen LogP contribution >= 0.6 is 11.3 Å². The molecule has 2 aromatic rings. The van der Waals surface area contributed by atoms with E-state index < -0.39 is 0 Å². The first-order valence-corrected chi connectivity index (χ1v) is 10.3. The van der Waals surface area contributed by atoms with Gasteiger partial charge in [-0.2, -0.15) is 0 Å². The number of fused-ring (bicyclic) bond motifs is 1. The molecule has 2 N–H and O–H groups in total. The van der Waals surface area contributed by atoms with Crippen LogP contribution in [0.15, 0.2) is 18.2 Å². The molecule has 144 valence electrons. The van der Waals surface area contributed by atoms with E-state index in [-0.39, 0.29) is 11.9 Å². The minimum atomic E-state index is -0.341. The van der Waals surface area contributed by atoms with E-state index in [2.05, 4.69) is 12.2 Å². The van der Waals surface area contributed by atoms with Crippen LogP contribution in [-0.2, 0) is 17.7 Å². The number of likely N-dealkylation sites (N-methyl/N-ethyl adjacent to an activating group) is 1. The van der Waals surface area contributed by atoms with Crippen molar-refractivity contribution in [2.24, 2.45) is 0 Å². The lowest BCUT2D eigenvalue weighted by molar-refractivity contribution is -0.913. The van der Waals surface area contributed by atoms with Gasteiger partial charge in [-0.1, -0.05) is 17.7 Å². The van der Waals surface area contributed by atoms with Crippen molar-refractivity contribution in [2.45, 2.75) is 40.7 Å². The molecule has 0 aliphatic carbocycles. The Balaban J connectivity index is 1.96.